The van der Waals surface area contributed by atoms with E-state index >= 15 is 0 Å². The maximum atomic E-state index is 8.91. The van der Waals surface area contributed by atoms with Gasteiger partial charge < -0.3 is 9.67 Å². The molecule has 0 saturated carbocycles. The lowest BCUT2D eigenvalue weighted by atomic mass is 9.92. The quantitative estimate of drug-likeness (QED) is 0.766. The Hall–Kier alpha value is -0.900. The van der Waals surface area contributed by atoms with Gasteiger partial charge in [-0.3, -0.25) is 0 Å². The van der Waals surface area contributed by atoms with Crippen LogP contribution in [0.2, 0.25) is 0 Å². The predicted octanol–water partition coefficient (Wildman–Crippen LogP) is 1.21. The van der Waals surface area contributed by atoms with Crippen molar-refractivity contribution in [1.29, 1.82) is 0 Å². The van der Waals surface area contributed by atoms with Gasteiger partial charge in [-0.25, -0.2) is 0 Å². The number of nitrogens with zero attached hydrogens (tertiary/aromatic N) is 3. The Bertz CT molecular complexity index is 262. The predicted molar refractivity (Wildman–Crippen MR) is 50.0 cm³/mol. The van der Waals surface area contributed by atoms with E-state index in [0.717, 1.165) is 13.0 Å². The third-order valence-electron chi connectivity index (χ3n) is 1.94. The van der Waals surface area contributed by atoms with Gasteiger partial charge in [0.25, 0.3) is 0 Å². The molecular weight excluding hydrogens is 166 g/mol. The minimum absolute atomic E-state index is 0.0376. The van der Waals surface area contributed by atoms with E-state index in [9.17, 15) is 0 Å². The first kappa shape index (κ1) is 10.2. The first-order valence-corrected chi connectivity index (χ1v) is 4.50. The van der Waals surface area contributed by atoms with E-state index in [1.54, 1.807) is 6.33 Å². The van der Waals surface area contributed by atoms with E-state index in [1.165, 1.54) is 0 Å². The Balaban J connectivity index is 2.54. The zero-order valence-electron chi connectivity index (χ0n) is 8.49. The van der Waals surface area contributed by atoms with Crippen molar-refractivity contribution in [3.05, 3.63) is 12.2 Å². The van der Waals surface area contributed by atoms with Gasteiger partial charge in [0.1, 0.15) is 12.9 Å². The van der Waals surface area contributed by atoms with E-state index < -0.39 is 0 Å². The highest BCUT2D eigenvalue weighted by Gasteiger charge is 2.11. The number of aryl methyl sites for hydroxylation is 1. The largest absolute Gasteiger partial charge is 0.388 e. The molecule has 0 amide bonds. The second-order valence-electron chi connectivity index (χ2n) is 4.41. The fraction of sp³-hybridized carbons (Fsp3) is 0.778. The summed E-state index contributed by atoms with van der Waals surface area (Å²) in [6, 6.07) is 0. The van der Waals surface area contributed by atoms with Crippen LogP contribution in [0.1, 0.15) is 33.0 Å². The molecule has 0 aliphatic heterocycles. The molecule has 0 fully saturated rings. The van der Waals surface area contributed by atoms with Crippen molar-refractivity contribution < 1.29 is 5.11 Å². The van der Waals surface area contributed by atoms with Crippen LogP contribution in [0.15, 0.2) is 6.33 Å². The van der Waals surface area contributed by atoms with E-state index in [2.05, 4.69) is 31.0 Å². The van der Waals surface area contributed by atoms with Crippen molar-refractivity contribution in [3.8, 4) is 0 Å². The summed E-state index contributed by atoms with van der Waals surface area (Å²) in [4.78, 5) is 0. The Labute approximate surface area is 78.6 Å². The van der Waals surface area contributed by atoms with E-state index in [0.29, 0.717) is 11.2 Å². The number of hydrogen-bond acceptors (Lipinski definition) is 3. The summed E-state index contributed by atoms with van der Waals surface area (Å²) in [6.45, 7) is 7.40. The molecule has 1 aromatic heterocycles. The summed E-state index contributed by atoms with van der Waals surface area (Å²) in [5.74, 6) is 0.643. The van der Waals surface area contributed by atoms with Crippen LogP contribution in [0.5, 0.6) is 0 Å². The average molecular weight is 183 g/mol. The SMILES string of the molecule is CC(C)(C)CCn1cnnc1CO. The molecule has 0 saturated heterocycles. The van der Waals surface area contributed by atoms with Gasteiger partial charge in [-0.2, -0.15) is 0 Å². The van der Waals surface area contributed by atoms with Crippen molar-refractivity contribution in [2.45, 2.75) is 40.3 Å². The van der Waals surface area contributed by atoms with Crippen LogP contribution in [-0.2, 0) is 13.2 Å². The summed E-state index contributed by atoms with van der Waals surface area (Å²) in [5, 5.41) is 16.5. The molecule has 13 heavy (non-hydrogen) atoms. The molecule has 0 bridgehead atoms. The van der Waals surface area contributed by atoms with Crippen LogP contribution < -0.4 is 0 Å². The standard InChI is InChI=1S/C9H17N3O/c1-9(2,3)4-5-12-7-10-11-8(12)6-13/h7,13H,4-6H2,1-3H3. The smallest absolute Gasteiger partial charge is 0.158 e. The molecule has 0 atom stereocenters. The molecule has 0 aliphatic rings. The molecule has 0 spiro atoms. The highest BCUT2D eigenvalue weighted by molar-refractivity contribution is 4.82. The van der Waals surface area contributed by atoms with E-state index in [1.807, 2.05) is 4.57 Å². The fourth-order valence-corrected chi connectivity index (χ4v) is 1.04. The van der Waals surface area contributed by atoms with Crippen LogP contribution in [0, 0.1) is 5.41 Å². The minimum Gasteiger partial charge on any atom is -0.388 e. The monoisotopic (exact) mass is 183 g/mol. The summed E-state index contributed by atoms with van der Waals surface area (Å²) >= 11 is 0. The molecule has 1 rings (SSSR count). The van der Waals surface area contributed by atoms with Gasteiger partial charge in [0, 0.05) is 6.54 Å². The van der Waals surface area contributed by atoms with Crippen LogP contribution >= 0.6 is 0 Å². The van der Waals surface area contributed by atoms with Gasteiger partial charge in [-0.05, 0) is 11.8 Å². The lowest BCUT2D eigenvalue weighted by Gasteiger charge is -2.18. The lowest BCUT2D eigenvalue weighted by Crippen LogP contribution is -2.11. The third kappa shape index (κ3) is 3.14. The molecule has 1 aromatic rings. The van der Waals surface area contributed by atoms with Crippen LogP contribution in [0.4, 0.5) is 0 Å². The fourth-order valence-electron chi connectivity index (χ4n) is 1.04. The first-order valence-electron chi connectivity index (χ1n) is 4.50. The number of aliphatic hydroxyl groups is 1. The molecule has 0 radical (unpaired) electrons. The molecule has 0 unspecified atom stereocenters. The van der Waals surface area contributed by atoms with Crippen molar-refractivity contribution in [1.82, 2.24) is 14.8 Å². The molecule has 0 aliphatic carbocycles. The number of aliphatic hydroxyl groups excluding tert-OH is 1. The summed E-state index contributed by atoms with van der Waals surface area (Å²) in [5.41, 5.74) is 0.303. The zero-order chi connectivity index (χ0) is 9.90. The first-order chi connectivity index (χ1) is 6.03. The summed E-state index contributed by atoms with van der Waals surface area (Å²) in [6.07, 6.45) is 2.72. The van der Waals surface area contributed by atoms with Gasteiger partial charge in [0.05, 0.1) is 0 Å². The molecule has 1 heterocycles. The average Bonchev–Trinajstić information content (AvgIpc) is 2.46. The Kier molecular flexibility index (Phi) is 3.03. The molecular formula is C9H17N3O. The van der Waals surface area contributed by atoms with Gasteiger partial charge in [-0.15, -0.1) is 10.2 Å². The second kappa shape index (κ2) is 3.87. The minimum atomic E-state index is -0.0376. The van der Waals surface area contributed by atoms with Gasteiger partial charge >= 0.3 is 0 Å². The van der Waals surface area contributed by atoms with Gasteiger partial charge in [-0.1, -0.05) is 20.8 Å². The highest BCUT2D eigenvalue weighted by Crippen LogP contribution is 2.19. The van der Waals surface area contributed by atoms with Crippen LogP contribution in [0.25, 0.3) is 0 Å². The molecule has 4 heteroatoms. The maximum absolute atomic E-state index is 8.91. The third-order valence-corrected chi connectivity index (χ3v) is 1.94. The molecule has 1 N–H and O–H groups in total. The maximum Gasteiger partial charge on any atom is 0.158 e. The van der Waals surface area contributed by atoms with Gasteiger partial charge in [0.2, 0.25) is 0 Å². The van der Waals surface area contributed by atoms with Gasteiger partial charge in [0.15, 0.2) is 5.82 Å². The van der Waals surface area contributed by atoms with Crippen molar-refractivity contribution in [2.24, 2.45) is 5.41 Å². The molecule has 0 aromatic carbocycles. The zero-order valence-corrected chi connectivity index (χ0v) is 8.49. The summed E-state index contributed by atoms with van der Waals surface area (Å²) in [7, 11) is 0. The van der Waals surface area contributed by atoms with Crippen molar-refractivity contribution in [2.75, 3.05) is 0 Å². The van der Waals surface area contributed by atoms with Crippen molar-refractivity contribution in [3.63, 3.8) is 0 Å². The lowest BCUT2D eigenvalue weighted by molar-refractivity contribution is 0.259. The van der Waals surface area contributed by atoms with E-state index in [4.69, 9.17) is 5.11 Å². The Morgan fingerprint density at radius 2 is 2.15 bits per heavy atom. The van der Waals surface area contributed by atoms with Crippen LogP contribution in [0.3, 0.4) is 0 Å². The molecule has 74 valence electrons. The second-order valence-corrected chi connectivity index (χ2v) is 4.41. The number of hydrogen-bond donors (Lipinski definition) is 1. The Morgan fingerprint density at radius 3 is 2.69 bits per heavy atom. The normalized spacial score (nSPS) is 12.0. The number of aromatic nitrogens is 3. The van der Waals surface area contributed by atoms with E-state index in [-0.39, 0.29) is 6.61 Å². The molecule has 4 nitrogen and oxygen atoms in total. The summed E-state index contributed by atoms with van der Waals surface area (Å²) < 4.78 is 1.89. The Morgan fingerprint density at radius 1 is 1.46 bits per heavy atom. The highest BCUT2D eigenvalue weighted by atomic mass is 16.3. The number of rotatable bonds is 3. The topological polar surface area (TPSA) is 50.9 Å². The van der Waals surface area contributed by atoms with Crippen molar-refractivity contribution >= 4 is 0 Å². The van der Waals surface area contributed by atoms with Crippen LogP contribution in [-0.4, -0.2) is 19.9 Å².